The molecule has 1 atom stereocenters. The standard InChI is InChI=1S/C28H29N3O3/c1-5-20-15-17-21(18-16-20)27(32)30(6-2)19(3)26-29-23-12-8-7-11-22(23)28(33)31(26)24-13-9-10-14-25(24)34-4/h7-19H,5-6H2,1-4H3. The molecule has 6 heteroatoms. The molecular weight excluding hydrogens is 426 g/mol. The lowest BCUT2D eigenvalue weighted by molar-refractivity contribution is 0.0693. The molecule has 34 heavy (non-hydrogen) atoms. The lowest BCUT2D eigenvalue weighted by atomic mass is 10.1. The van der Waals surface area contributed by atoms with Gasteiger partial charge in [0.2, 0.25) is 0 Å². The molecule has 3 aromatic carbocycles. The summed E-state index contributed by atoms with van der Waals surface area (Å²) in [6.45, 7) is 6.38. The van der Waals surface area contributed by atoms with Crippen molar-refractivity contribution in [2.75, 3.05) is 13.7 Å². The SMILES string of the molecule is CCc1ccc(C(=O)N(CC)C(C)c2nc3ccccc3c(=O)n2-c2ccccc2OC)cc1. The summed E-state index contributed by atoms with van der Waals surface area (Å²) in [5.74, 6) is 0.930. The highest BCUT2D eigenvalue weighted by Crippen LogP contribution is 2.28. The fraction of sp³-hybridized carbons (Fsp3) is 0.250. The number of carbonyl (C=O) groups excluding carboxylic acids is 1. The first-order chi connectivity index (χ1) is 16.5. The average molecular weight is 456 g/mol. The summed E-state index contributed by atoms with van der Waals surface area (Å²) in [6.07, 6.45) is 0.911. The van der Waals surface area contributed by atoms with E-state index in [2.05, 4.69) is 6.92 Å². The third-order valence-corrected chi connectivity index (χ3v) is 6.18. The van der Waals surface area contributed by atoms with Crippen LogP contribution in [-0.4, -0.2) is 34.0 Å². The molecule has 0 saturated heterocycles. The molecule has 1 unspecified atom stereocenters. The van der Waals surface area contributed by atoms with Crippen LogP contribution in [0.15, 0.2) is 77.6 Å². The van der Waals surface area contributed by atoms with Crippen LogP contribution in [0.25, 0.3) is 16.6 Å². The Hall–Kier alpha value is -3.93. The largest absolute Gasteiger partial charge is 0.495 e. The number of methoxy groups -OCH3 is 1. The summed E-state index contributed by atoms with van der Waals surface area (Å²) < 4.78 is 7.13. The van der Waals surface area contributed by atoms with Crippen molar-refractivity contribution in [3.05, 3.63) is 100 Å². The number of fused-ring (bicyclic) bond motifs is 1. The van der Waals surface area contributed by atoms with E-state index in [0.717, 1.165) is 6.42 Å². The molecule has 0 aliphatic carbocycles. The zero-order chi connectivity index (χ0) is 24.2. The number of ether oxygens (including phenoxy) is 1. The Morgan fingerprint density at radius 1 is 1.00 bits per heavy atom. The summed E-state index contributed by atoms with van der Waals surface area (Å²) in [5.41, 5.74) is 2.77. The number of carbonyl (C=O) groups is 1. The molecule has 0 aliphatic heterocycles. The molecule has 4 aromatic rings. The van der Waals surface area contributed by atoms with Crippen LogP contribution in [0.5, 0.6) is 5.75 Å². The molecule has 0 aliphatic rings. The van der Waals surface area contributed by atoms with Crippen LogP contribution in [0.2, 0.25) is 0 Å². The van der Waals surface area contributed by atoms with Crippen LogP contribution in [0, 0.1) is 0 Å². The molecule has 0 bridgehead atoms. The zero-order valence-corrected chi connectivity index (χ0v) is 20.0. The van der Waals surface area contributed by atoms with Gasteiger partial charge in [0, 0.05) is 12.1 Å². The Labute approximate surface area is 199 Å². The summed E-state index contributed by atoms with van der Waals surface area (Å²) >= 11 is 0. The van der Waals surface area contributed by atoms with Crippen molar-refractivity contribution in [3.63, 3.8) is 0 Å². The lowest BCUT2D eigenvalue weighted by Crippen LogP contribution is -2.37. The molecule has 1 heterocycles. The van der Waals surface area contributed by atoms with E-state index >= 15 is 0 Å². The molecule has 6 nitrogen and oxygen atoms in total. The fourth-order valence-corrected chi connectivity index (χ4v) is 4.26. The van der Waals surface area contributed by atoms with Gasteiger partial charge in [-0.25, -0.2) is 4.98 Å². The van der Waals surface area contributed by atoms with Crippen molar-refractivity contribution < 1.29 is 9.53 Å². The summed E-state index contributed by atoms with van der Waals surface area (Å²) in [4.78, 5) is 33.8. The monoisotopic (exact) mass is 455 g/mol. The van der Waals surface area contributed by atoms with Gasteiger partial charge in [-0.15, -0.1) is 0 Å². The molecule has 0 spiro atoms. The minimum atomic E-state index is -0.467. The number of aromatic nitrogens is 2. The molecule has 0 N–H and O–H groups in total. The molecule has 174 valence electrons. The molecular formula is C28H29N3O3. The van der Waals surface area contributed by atoms with Crippen molar-refractivity contribution in [2.24, 2.45) is 0 Å². The van der Waals surface area contributed by atoms with E-state index in [-0.39, 0.29) is 11.5 Å². The quantitative estimate of drug-likeness (QED) is 0.385. The topological polar surface area (TPSA) is 64.4 Å². The average Bonchev–Trinajstić information content (AvgIpc) is 2.89. The summed E-state index contributed by atoms with van der Waals surface area (Å²) in [7, 11) is 1.57. The van der Waals surface area contributed by atoms with E-state index in [1.54, 1.807) is 22.6 Å². The Morgan fingerprint density at radius 2 is 1.68 bits per heavy atom. The minimum absolute atomic E-state index is 0.105. The number of amides is 1. The number of nitrogens with zero attached hydrogens (tertiary/aromatic N) is 3. The van der Waals surface area contributed by atoms with Gasteiger partial charge in [-0.05, 0) is 62.2 Å². The van der Waals surface area contributed by atoms with Gasteiger partial charge in [0.25, 0.3) is 11.5 Å². The third kappa shape index (κ3) is 4.19. The number of hydrogen-bond acceptors (Lipinski definition) is 4. The van der Waals surface area contributed by atoms with Crippen molar-refractivity contribution in [1.29, 1.82) is 0 Å². The minimum Gasteiger partial charge on any atom is -0.495 e. The van der Waals surface area contributed by atoms with E-state index in [0.29, 0.717) is 40.3 Å². The van der Waals surface area contributed by atoms with Gasteiger partial charge in [0.1, 0.15) is 11.6 Å². The van der Waals surface area contributed by atoms with Gasteiger partial charge in [-0.1, -0.05) is 43.3 Å². The first-order valence-electron chi connectivity index (χ1n) is 11.5. The highest BCUT2D eigenvalue weighted by Gasteiger charge is 2.27. The van der Waals surface area contributed by atoms with E-state index in [4.69, 9.17) is 9.72 Å². The maximum Gasteiger partial charge on any atom is 0.266 e. The second-order valence-corrected chi connectivity index (χ2v) is 8.12. The zero-order valence-electron chi connectivity index (χ0n) is 20.0. The number of benzene rings is 3. The normalized spacial score (nSPS) is 11.9. The third-order valence-electron chi connectivity index (χ3n) is 6.18. The summed E-state index contributed by atoms with van der Waals surface area (Å²) in [5, 5.41) is 0.508. The molecule has 4 rings (SSSR count). The molecule has 0 saturated carbocycles. The second-order valence-electron chi connectivity index (χ2n) is 8.12. The van der Waals surface area contributed by atoms with Gasteiger partial charge < -0.3 is 9.64 Å². The van der Waals surface area contributed by atoms with Gasteiger partial charge in [0.05, 0.1) is 29.7 Å². The van der Waals surface area contributed by atoms with Crippen LogP contribution < -0.4 is 10.3 Å². The van der Waals surface area contributed by atoms with Gasteiger partial charge in [-0.2, -0.15) is 0 Å². The first-order valence-corrected chi connectivity index (χ1v) is 11.5. The van der Waals surface area contributed by atoms with Crippen LogP contribution in [0.3, 0.4) is 0 Å². The van der Waals surface area contributed by atoms with Crippen molar-refractivity contribution >= 4 is 16.8 Å². The number of rotatable bonds is 7. The number of para-hydroxylation sites is 3. The Balaban J connectivity index is 1.89. The highest BCUT2D eigenvalue weighted by atomic mass is 16.5. The van der Waals surface area contributed by atoms with Crippen LogP contribution >= 0.6 is 0 Å². The van der Waals surface area contributed by atoms with Crippen molar-refractivity contribution in [3.8, 4) is 11.4 Å². The lowest BCUT2D eigenvalue weighted by Gasteiger charge is -2.30. The maximum atomic E-state index is 13.7. The highest BCUT2D eigenvalue weighted by molar-refractivity contribution is 5.94. The Kier molecular flexibility index (Phi) is 6.77. The summed E-state index contributed by atoms with van der Waals surface area (Å²) in [6, 6.07) is 21.8. The number of hydrogen-bond donors (Lipinski definition) is 0. The number of aryl methyl sites for hydroxylation is 1. The van der Waals surface area contributed by atoms with E-state index in [1.807, 2.05) is 80.6 Å². The van der Waals surface area contributed by atoms with Crippen molar-refractivity contribution in [2.45, 2.75) is 33.2 Å². The van der Waals surface area contributed by atoms with Crippen molar-refractivity contribution in [1.82, 2.24) is 14.5 Å². The van der Waals surface area contributed by atoms with E-state index in [1.165, 1.54) is 5.56 Å². The predicted molar refractivity (Wildman–Crippen MR) is 135 cm³/mol. The fourth-order valence-electron chi connectivity index (χ4n) is 4.26. The molecule has 0 fully saturated rings. The maximum absolute atomic E-state index is 13.7. The Morgan fingerprint density at radius 3 is 2.35 bits per heavy atom. The van der Waals surface area contributed by atoms with Gasteiger partial charge in [0.15, 0.2) is 0 Å². The molecule has 1 amide bonds. The smallest absolute Gasteiger partial charge is 0.266 e. The first kappa shape index (κ1) is 23.2. The van der Waals surface area contributed by atoms with Gasteiger partial charge >= 0.3 is 0 Å². The van der Waals surface area contributed by atoms with E-state index in [9.17, 15) is 9.59 Å². The van der Waals surface area contributed by atoms with Gasteiger partial charge in [-0.3, -0.25) is 14.2 Å². The van der Waals surface area contributed by atoms with E-state index < -0.39 is 6.04 Å². The molecule has 1 aromatic heterocycles. The Bertz CT molecular complexity index is 1380. The van der Waals surface area contributed by atoms with Crippen LogP contribution in [0.1, 0.15) is 48.6 Å². The predicted octanol–water partition coefficient (Wildman–Crippen LogP) is 5.18. The molecule has 0 radical (unpaired) electrons. The second kappa shape index (κ2) is 9.91. The van der Waals surface area contributed by atoms with Crippen LogP contribution in [-0.2, 0) is 6.42 Å². The van der Waals surface area contributed by atoms with Crippen LogP contribution in [0.4, 0.5) is 0 Å².